The van der Waals surface area contributed by atoms with Gasteiger partial charge in [0.15, 0.2) is 11.5 Å². The maximum absolute atomic E-state index is 11.9. The van der Waals surface area contributed by atoms with Crippen LogP contribution in [0.5, 0.6) is 11.5 Å². The highest BCUT2D eigenvalue weighted by atomic mass is 32.2. The number of nitrogens with one attached hydrogen (secondary N) is 2. The number of anilines is 1. The zero-order valence-electron chi connectivity index (χ0n) is 13.4. The molecule has 25 heavy (non-hydrogen) atoms. The molecule has 0 bridgehead atoms. The Hall–Kier alpha value is -2.82. The molecule has 2 N–H and O–H groups in total. The third-order valence-corrected chi connectivity index (χ3v) is 4.14. The quantitative estimate of drug-likeness (QED) is 0.751. The number of nitrogens with zero attached hydrogens (tertiary/aromatic N) is 4. The average molecular weight is 364 g/mol. The van der Waals surface area contributed by atoms with Gasteiger partial charge in [0.05, 0.1) is 5.75 Å². The van der Waals surface area contributed by atoms with Crippen molar-refractivity contribution in [1.82, 2.24) is 25.5 Å². The number of thioether (sulfide) groups is 1. The van der Waals surface area contributed by atoms with Gasteiger partial charge >= 0.3 is 6.03 Å². The standard InChI is InChI=1S/C14H16N6O4S/c1-2-20-14(17-18-19-20)25-8-12(21)16-13(22)15-9-3-4-10-11(7-9)24-6-5-23-10/h3-4,7H,2,5-6,8H2,1H3,(H2,15,16,21,22). The fourth-order valence-electron chi connectivity index (χ4n) is 2.07. The number of aryl methyl sites for hydroxylation is 1. The van der Waals surface area contributed by atoms with Crippen LogP contribution in [0.25, 0.3) is 0 Å². The van der Waals surface area contributed by atoms with Crippen molar-refractivity contribution in [2.75, 3.05) is 24.3 Å². The first-order chi connectivity index (χ1) is 12.2. The number of imide groups is 1. The van der Waals surface area contributed by atoms with Crippen molar-refractivity contribution in [1.29, 1.82) is 0 Å². The number of tetrazole rings is 1. The van der Waals surface area contributed by atoms with Crippen LogP contribution < -0.4 is 20.1 Å². The number of carbonyl (C=O) groups is 2. The van der Waals surface area contributed by atoms with E-state index in [1.54, 1.807) is 22.9 Å². The van der Waals surface area contributed by atoms with Gasteiger partial charge in [-0.15, -0.1) is 5.10 Å². The van der Waals surface area contributed by atoms with Crippen LogP contribution in [-0.2, 0) is 11.3 Å². The van der Waals surface area contributed by atoms with E-state index in [1.807, 2.05) is 6.92 Å². The summed E-state index contributed by atoms with van der Waals surface area (Å²) in [5, 5.41) is 16.4. The second-order valence-corrected chi connectivity index (χ2v) is 5.87. The Kier molecular flexibility index (Phi) is 5.33. The lowest BCUT2D eigenvalue weighted by Crippen LogP contribution is -2.35. The maximum Gasteiger partial charge on any atom is 0.325 e. The molecule has 1 aromatic heterocycles. The molecule has 0 atom stereocenters. The lowest BCUT2D eigenvalue weighted by atomic mass is 10.2. The van der Waals surface area contributed by atoms with Crippen LogP contribution in [0.3, 0.4) is 0 Å². The van der Waals surface area contributed by atoms with Crippen LogP contribution >= 0.6 is 11.8 Å². The topological polar surface area (TPSA) is 120 Å². The molecule has 0 fully saturated rings. The number of rotatable bonds is 5. The van der Waals surface area contributed by atoms with Gasteiger partial charge in [0.1, 0.15) is 13.2 Å². The molecule has 0 radical (unpaired) electrons. The zero-order valence-corrected chi connectivity index (χ0v) is 14.2. The number of urea groups is 1. The van der Waals surface area contributed by atoms with Gasteiger partial charge in [-0.25, -0.2) is 9.48 Å². The molecule has 1 aliphatic rings. The molecule has 10 nitrogen and oxygen atoms in total. The van der Waals surface area contributed by atoms with Crippen molar-refractivity contribution in [3.05, 3.63) is 18.2 Å². The van der Waals surface area contributed by atoms with Crippen LogP contribution in [0.4, 0.5) is 10.5 Å². The van der Waals surface area contributed by atoms with Crippen LogP contribution in [0, 0.1) is 0 Å². The Morgan fingerprint density at radius 2 is 2.08 bits per heavy atom. The lowest BCUT2D eigenvalue weighted by molar-refractivity contribution is -0.117. The Labute approximate surface area is 147 Å². The van der Waals surface area contributed by atoms with E-state index in [4.69, 9.17) is 9.47 Å². The lowest BCUT2D eigenvalue weighted by Gasteiger charge is -2.19. The number of benzene rings is 1. The molecule has 0 saturated heterocycles. The molecule has 2 heterocycles. The molecule has 2 aromatic rings. The molecule has 0 aliphatic carbocycles. The van der Waals surface area contributed by atoms with E-state index in [-0.39, 0.29) is 5.75 Å². The van der Waals surface area contributed by atoms with Gasteiger partial charge in [0.2, 0.25) is 11.1 Å². The summed E-state index contributed by atoms with van der Waals surface area (Å²) in [5.74, 6) is 0.746. The van der Waals surface area contributed by atoms with Gasteiger partial charge in [0.25, 0.3) is 0 Å². The van der Waals surface area contributed by atoms with Gasteiger partial charge in [0, 0.05) is 18.3 Å². The molecule has 1 aliphatic heterocycles. The molecule has 0 saturated carbocycles. The summed E-state index contributed by atoms with van der Waals surface area (Å²) in [5.41, 5.74) is 0.497. The minimum absolute atomic E-state index is 0.0228. The second-order valence-electron chi connectivity index (χ2n) is 4.93. The summed E-state index contributed by atoms with van der Waals surface area (Å²) in [6.45, 7) is 3.44. The summed E-state index contributed by atoms with van der Waals surface area (Å²) < 4.78 is 12.4. The molecule has 0 unspecified atom stereocenters. The van der Waals surface area contributed by atoms with Crippen LogP contribution in [0.1, 0.15) is 6.92 Å². The highest BCUT2D eigenvalue weighted by molar-refractivity contribution is 7.99. The van der Waals surface area contributed by atoms with Crippen molar-refractivity contribution < 1.29 is 19.1 Å². The molecular weight excluding hydrogens is 348 g/mol. The average Bonchev–Trinajstić information content (AvgIpc) is 3.07. The minimum atomic E-state index is -0.627. The van der Waals surface area contributed by atoms with Crippen LogP contribution in [0.2, 0.25) is 0 Å². The second kappa shape index (κ2) is 7.83. The number of carbonyl (C=O) groups excluding carboxylic acids is 2. The van der Waals surface area contributed by atoms with E-state index in [0.717, 1.165) is 11.8 Å². The molecule has 3 rings (SSSR count). The van der Waals surface area contributed by atoms with Gasteiger partial charge in [-0.05, 0) is 29.5 Å². The fraction of sp³-hybridized carbons (Fsp3) is 0.357. The van der Waals surface area contributed by atoms with Crippen molar-refractivity contribution in [2.24, 2.45) is 0 Å². The summed E-state index contributed by atoms with van der Waals surface area (Å²) in [6, 6.07) is 4.38. The van der Waals surface area contributed by atoms with Gasteiger partial charge in [-0.2, -0.15) is 0 Å². The summed E-state index contributed by atoms with van der Waals surface area (Å²) in [6.07, 6.45) is 0. The largest absolute Gasteiger partial charge is 0.486 e. The summed E-state index contributed by atoms with van der Waals surface area (Å²) >= 11 is 1.15. The molecule has 11 heteroatoms. The van der Waals surface area contributed by atoms with E-state index in [1.165, 1.54) is 0 Å². The SMILES string of the molecule is CCn1nnnc1SCC(=O)NC(=O)Nc1ccc2c(c1)OCCO2. The van der Waals surface area contributed by atoms with Crippen molar-refractivity contribution in [3.63, 3.8) is 0 Å². The first-order valence-electron chi connectivity index (χ1n) is 7.55. The number of hydrogen-bond donors (Lipinski definition) is 2. The number of fused-ring (bicyclic) bond motifs is 1. The van der Waals surface area contributed by atoms with E-state index >= 15 is 0 Å². The fourth-order valence-corrected chi connectivity index (χ4v) is 2.82. The number of amides is 3. The van der Waals surface area contributed by atoms with E-state index in [9.17, 15) is 9.59 Å². The van der Waals surface area contributed by atoms with Crippen molar-refractivity contribution in [2.45, 2.75) is 18.6 Å². The predicted octanol–water partition coefficient (Wildman–Crippen LogP) is 0.905. The Balaban J connectivity index is 1.49. The Morgan fingerprint density at radius 1 is 1.28 bits per heavy atom. The highest BCUT2D eigenvalue weighted by Crippen LogP contribution is 2.32. The molecular formula is C14H16N6O4S. The van der Waals surface area contributed by atoms with Crippen molar-refractivity contribution in [3.8, 4) is 11.5 Å². The highest BCUT2D eigenvalue weighted by Gasteiger charge is 2.14. The van der Waals surface area contributed by atoms with Crippen LogP contribution in [0.15, 0.2) is 23.4 Å². The Morgan fingerprint density at radius 3 is 2.88 bits per heavy atom. The third-order valence-electron chi connectivity index (χ3n) is 3.18. The van der Waals surface area contributed by atoms with Crippen LogP contribution in [-0.4, -0.2) is 51.1 Å². The van der Waals surface area contributed by atoms with E-state index < -0.39 is 11.9 Å². The Bertz CT molecular complexity index is 780. The maximum atomic E-state index is 11.9. The number of hydrogen-bond acceptors (Lipinski definition) is 8. The minimum Gasteiger partial charge on any atom is -0.486 e. The molecule has 3 amide bonds. The number of aromatic nitrogens is 4. The first kappa shape index (κ1) is 17.0. The normalized spacial score (nSPS) is 12.5. The zero-order chi connectivity index (χ0) is 17.6. The summed E-state index contributed by atoms with van der Waals surface area (Å²) in [7, 11) is 0. The van der Waals surface area contributed by atoms with E-state index in [2.05, 4.69) is 26.2 Å². The van der Waals surface area contributed by atoms with Crippen molar-refractivity contribution >= 4 is 29.4 Å². The first-order valence-corrected chi connectivity index (χ1v) is 8.53. The molecule has 1 aromatic carbocycles. The monoisotopic (exact) mass is 364 g/mol. The number of ether oxygens (including phenoxy) is 2. The predicted molar refractivity (Wildman–Crippen MR) is 88.8 cm³/mol. The van der Waals surface area contributed by atoms with Gasteiger partial charge in [-0.3, -0.25) is 10.1 Å². The smallest absolute Gasteiger partial charge is 0.325 e. The summed E-state index contributed by atoms with van der Waals surface area (Å²) in [4.78, 5) is 23.8. The van der Waals surface area contributed by atoms with Gasteiger partial charge in [-0.1, -0.05) is 11.8 Å². The van der Waals surface area contributed by atoms with E-state index in [0.29, 0.717) is 42.1 Å². The third kappa shape index (κ3) is 4.38. The molecule has 132 valence electrons. The molecule has 0 spiro atoms. The van der Waals surface area contributed by atoms with Gasteiger partial charge < -0.3 is 14.8 Å².